The first-order chi connectivity index (χ1) is 19.3. The highest BCUT2D eigenvalue weighted by Crippen LogP contribution is 2.33. The second-order valence-corrected chi connectivity index (χ2v) is 12.6. The number of amides is 2. The van der Waals surface area contributed by atoms with E-state index >= 15 is 0 Å². The first kappa shape index (κ1) is 31.5. The van der Waals surface area contributed by atoms with Crippen LogP contribution in [-0.2, 0) is 26.2 Å². The summed E-state index contributed by atoms with van der Waals surface area (Å²) in [7, 11) is -1.20. The number of nitrogens with one attached hydrogen (secondary N) is 1. The summed E-state index contributed by atoms with van der Waals surface area (Å²) in [5.74, 6) is 0.0327. The molecule has 0 fully saturated rings. The summed E-state index contributed by atoms with van der Waals surface area (Å²) in [4.78, 5) is 28.8. The van der Waals surface area contributed by atoms with Crippen LogP contribution in [-0.4, -0.2) is 57.5 Å². The molecule has 1 N–H and O–H groups in total. The molecule has 0 aliphatic carbocycles. The summed E-state index contributed by atoms with van der Waals surface area (Å²) in [6.07, 6.45) is 0. The lowest BCUT2D eigenvalue weighted by Gasteiger charge is -2.33. The van der Waals surface area contributed by atoms with E-state index < -0.39 is 34.1 Å². The van der Waals surface area contributed by atoms with E-state index in [2.05, 4.69) is 5.32 Å². The van der Waals surface area contributed by atoms with Crippen molar-refractivity contribution in [1.29, 1.82) is 0 Å². The van der Waals surface area contributed by atoms with E-state index in [0.717, 1.165) is 15.4 Å². The van der Waals surface area contributed by atoms with Crippen LogP contribution in [0.1, 0.15) is 38.8 Å². The second-order valence-electron chi connectivity index (χ2n) is 10.8. The van der Waals surface area contributed by atoms with Gasteiger partial charge >= 0.3 is 0 Å². The van der Waals surface area contributed by atoms with Crippen molar-refractivity contribution in [3.8, 4) is 11.5 Å². The number of nitrogens with zero attached hydrogens (tertiary/aromatic N) is 2. The van der Waals surface area contributed by atoms with Crippen LogP contribution >= 0.6 is 0 Å². The molecule has 0 radical (unpaired) electrons. The average molecular weight is 582 g/mol. The molecule has 0 aliphatic heterocycles. The largest absolute Gasteiger partial charge is 0.497 e. The highest BCUT2D eigenvalue weighted by molar-refractivity contribution is 7.92. The summed E-state index contributed by atoms with van der Waals surface area (Å²) in [5, 5.41) is 2.92. The molecule has 0 aromatic heterocycles. The Bertz CT molecular complexity index is 1450. The number of sulfonamides is 1. The van der Waals surface area contributed by atoms with Gasteiger partial charge in [0.1, 0.15) is 24.1 Å². The lowest BCUT2D eigenvalue weighted by Crippen LogP contribution is -2.54. The normalized spacial score (nSPS) is 12.3. The number of hydrogen-bond donors (Lipinski definition) is 1. The fourth-order valence-electron chi connectivity index (χ4n) is 4.21. The average Bonchev–Trinajstić information content (AvgIpc) is 2.93. The predicted octanol–water partition coefficient (Wildman–Crippen LogP) is 4.54. The Morgan fingerprint density at radius 2 is 1.56 bits per heavy atom. The third-order valence-corrected chi connectivity index (χ3v) is 8.16. The third-order valence-electron chi connectivity index (χ3n) is 6.39. The molecule has 1 atom stereocenters. The van der Waals surface area contributed by atoms with Crippen LogP contribution in [0.25, 0.3) is 0 Å². The molecule has 1 unspecified atom stereocenters. The summed E-state index contributed by atoms with van der Waals surface area (Å²) < 4.78 is 39.8. The molecule has 3 rings (SSSR count). The van der Waals surface area contributed by atoms with Crippen molar-refractivity contribution in [2.75, 3.05) is 25.1 Å². The molecule has 3 aromatic carbocycles. The summed E-state index contributed by atoms with van der Waals surface area (Å²) >= 11 is 0. The van der Waals surface area contributed by atoms with Crippen LogP contribution in [0.2, 0.25) is 0 Å². The Hall–Kier alpha value is -4.05. The zero-order valence-electron chi connectivity index (χ0n) is 24.7. The van der Waals surface area contributed by atoms with Gasteiger partial charge in [-0.1, -0.05) is 36.4 Å². The van der Waals surface area contributed by atoms with E-state index in [0.29, 0.717) is 11.5 Å². The molecule has 2 amide bonds. The maximum Gasteiger partial charge on any atom is 0.264 e. The molecule has 0 bridgehead atoms. The molecule has 0 spiro atoms. The lowest BCUT2D eigenvalue weighted by molar-refractivity contribution is -0.140. The standard InChI is InChI=1S/C31H39N3O6S/c1-22-13-18-28(40-7)27(19-22)34(41(37,38)26-11-9-8-10-12-26)21-29(35)33(23(2)30(36)32-31(3,4)5)20-24-14-16-25(39-6)17-15-24/h8-19,23H,20-21H2,1-7H3,(H,32,36). The van der Waals surface area contributed by atoms with Gasteiger partial charge < -0.3 is 19.7 Å². The van der Waals surface area contributed by atoms with Crippen LogP contribution in [0.15, 0.2) is 77.7 Å². The first-order valence-corrected chi connectivity index (χ1v) is 14.7. The molecule has 220 valence electrons. The Morgan fingerprint density at radius 3 is 2.12 bits per heavy atom. The van der Waals surface area contributed by atoms with Gasteiger partial charge in [-0.2, -0.15) is 0 Å². The Labute approximate surface area is 243 Å². The number of carbonyl (C=O) groups excluding carboxylic acids is 2. The summed E-state index contributed by atoms with van der Waals surface area (Å²) in [6, 6.07) is 19.3. The van der Waals surface area contributed by atoms with E-state index in [1.807, 2.05) is 27.7 Å². The van der Waals surface area contributed by atoms with Crippen molar-refractivity contribution in [2.24, 2.45) is 0 Å². The third kappa shape index (κ3) is 8.00. The highest BCUT2D eigenvalue weighted by atomic mass is 32.2. The number of ether oxygens (including phenoxy) is 2. The topological polar surface area (TPSA) is 105 Å². The number of carbonyl (C=O) groups is 2. The molecule has 3 aromatic rings. The van der Waals surface area contributed by atoms with Gasteiger partial charge in [0.15, 0.2) is 0 Å². The highest BCUT2D eigenvalue weighted by Gasteiger charge is 2.34. The number of benzene rings is 3. The molecule has 0 saturated carbocycles. The van der Waals surface area contributed by atoms with Crippen LogP contribution in [0, 0.1) is 6.92 Å². The molecule has 0 heterocycles. The number of methoxy groups -OCH3 is 2. The maximum absolute atomic E-state index is 14.1. The minimum atomic E-state index is -4.20. The van der Waals surface area contributed by atoms with Crippen molar-refractivity contribution in [2.45, 2.75) is 57.6 Å². The van der Waals surface area contributed by atoms with Crippen LogP contribution < -0.4 is 19.1 Å². The van der Waals surface area contributed by atoms with Crippen molar-refractivity contribution < 1.29 is 27.5 Å². The second kappa shape index (κ2) is 13.1. The van der Waals surface area contributed by atoms with Crippen molar-refractivity contribution >= 4 is 27.5 Å². The summed E-state index contributed by atoms with van der Waals surface area (Å²) in [6.45, 7) is 8.53. The molecule has 41 heavy (non-hydrogen) atoms. The van der Waals surface area contributed by atoms with E-state index in [1.54, 1.807) is 74.7 Å². The lowest BCUT2D eigenvalue weighted by atomic mass is 10.1. The van der Waals surface area contributed by atoms with Crippen LogP contribution in [0.4, 0.5) is 5.69 Å². The zero-order chi connectivity index (χ0) is 30.4. The SMILES string of the molecule is COc1ccc(CN(C(=O)CN(c2cc(C)ccc2OC)S(=O)(=O)c2ccccc2)C(C)C(=O)NC(C)(C)C)cc1. The predicted molar refractivity (Wildman–Crippen MR) is 160 cm³/mol. The van der Waals surface area contributed by atoms with Crippen LogP contribution in [0.5, 0.6) is 11.5 Å². The minimum Gasteiger partial charge on any atom is -0.497 e. The van der Waals surface area contributed by atoms with Gasteiger partial charge in [0.05, 0.1) is 24.8 Å². The Kier molecular flexibility index (Phi) is 10.0. The smallest absolute Gasteiger partial charge is 0.264 e. The molecule has 9 nitrogen and oxygen atoms in total. The van der Waals surface area contributed by atoms with Gasteiger partial charge in [0.2, 0.25) is 11.8 Å². The van der Waals surface area contributed by atoms with Gasteiger partial charge in [-0.25, -0.2) is 8.42 Å². The van der Waals surface area contributed by atoms with E-state index in [1.165, 1.54) is 24.1 Å². The van der Waals surface area contributed by atoms with Crippen LogP contribution in [0.3, 0.4) is 0 Å². The number of aryl methyl sites for hydroxylation is 1. The fraction of sp³-hybridized carbons (Fsp3) is 0.355. The monoisotopic (exact) mass is 581 g/mol. The van der Waals surface area contributed by atoms with Crippen molar-refractivity contribution in [3.05, 3.63) is 83.9 Å². The van der Waals surface area contributed by atoms with Gasteiger partial charge in [-0.3, -0.25) is 13.9 Å². The van der Waals surface area contributed by atoms with Gasteiger partial charge in [0, 0.05) is 12.1 Å². The van der Waals surface area contributed by atoms with E-state index in [4.69, 9.17) is 9.47 Å². The molecule has 0 saturated heterocycles. The van der Waals surface area contributed by atoms with E-state index in [9.17, 15) is 18.0 Å². The Morgan fingerprint density at radius 1 is 0.927 bits per heavy atom. The quantitative estimate of drug-likeness (QED) is 0.357. The van der Waals surface area contributed by atoms with Crippen molar-refractivity contribution in [3.63, 3.8) is 0 Å². The van der Waals surface area contributed by atoms with Crippen molar-refractivity contribution in [1.82, 2.24) is 10.2 Å². The number of hydrogen-bond acceptors (Lipinski definition) is 6. The molecule has 10 heteroatoms. The van der Waals surface area contributed by atoms with Gasteiger partial charge in [0.25, 0.3) is 10.0 Å². The Balaban J connectivity index is 2.09. The fourth-order valence-corrected chi connectivity index (χ4v) is 5.65. The number of rotatable bonds is 11. The zero-order valence-corrected chi connectivity index (χ0v) is 25.5. The number of anilines is 1. The maximum atomic E-state index is 14.1. The first-order valence-electron chi connectivity index (χ1n) is 13.2. The van der Waals surface area contributed by atoms with Gasteiger partial charge in [-0.05, 0) is 82.1 Å². The molecule has 0 aliphatic rings. The summed E-state index contributed by atoms with van der Waals surface area (Å²) in [5.41, 5.74) is 1.23. The van der Waals surface area contributed by atoms with E-state index in [-0.39, 0.29) is 23.0 Å². The van der Waals surface area contributed by atoms with Gasteiger partial charge in [-0.15, -0.1) is 0 Å². The molecular weight excluding hydrogens is 542 g/mol. The minimum absolute atomic E-state index is 0.0246. The molecular formula is C31H39N3O6S.